The predicted octanol–water partition coefficient (Wildman–Crippen LogP) is 3.15. The molecule has 0 saturated heterocycles. The molecule has 0 aliphatic carbocycles. The van der Waals surface area contributed by atoms with Gasteiger partial charge >= 0.3 is 0 Å². The van der Waals surface area contributed by atoms with Crippen LogP contribution in [0.3, 0.4) is 0 Å². The van der Waals surface area contributed by atoms with E-state index in [1.807, 2.05) is 30.3 Å². The molecule has 0 radical (unpaired) electrons. The second-order valence-electron chi connectivity index (χ2n) is 4.36. The third-order valence-electron chi connectivity index (χ3n) is 3.04. The highest BCUT2D eigenvalue weighted by Gasteiger charge is 2.09. The van der Waals surface area contributed by atoms with E-state index in [1.165, 1.54) is 11.6 Å². The molecular formula is C15H16N2O2. The van der Waals surface area contributed by atoms with Crippen LogP contribution >= 0.6 is 0 Å². The molecule has 98 valence electrons. The van der Waals surface area contributed by atoms with E-state index in [0.717, 1.165) is 24.0 Å². The lowest BCUT2D eigenvalue weighted by molar-refractivity contribution is -0.384. The van der Waals surface area contributed by atoms with E-state index in [1.54, 1.807) is 12.1 Å². The first-order valence-corrected chi connectivity index (χ1v) is 6.25. The van der Waals surface area contributed by atoms with Gasteiger partial charge in [0.25, 0.3) is 5.69 Å². The summed E-state index contributed by atoms with van der Waals surface area (Å²) in [7, 11) is 0. The Bertz CT molecular complexity index is 582. The molecule has 0 aliphatic heterocycles. The maximum Gasteiger partial charge on any atom is 0.270 e. The van der Waals surface area contributed by atoms with Gasteiger partial charge in [-0.3, -0.25) is 10.1 Å². The average molecular weight is 256 g/mol. The standard InChI is InChI=1S/C15H16N2O2/c16-10-4-7-12-5-1-2-9-15(12)13-6-3-8-14(11-13)17(18)19/h1-3,5-6,8-9,11H,4,7,10,16H2. The van der Waals surface area contributed by atoms with Crippen LogP contribution in [0.1, 0.15) is 12.0 Å². The van der Waals surface area contributed by atoms with Crippen molar-refractivity contribution in [1.29, 1.82) is 0 Å². The highest BCUT2D eigenvalue weighted by atomic mass is 16.6. The van der Waals surface area contributed by atoms with Crippen LogP contribution in [-0.4, -0.2) is 11.5 Å². The Morgan fingerprint density at radius 3 is 2.63 bits per heavy atom. The molecular weight excluding hydrogens is 240 g/mol. The van der Waals surface area contributed by atoms with E-state index in [-0.39, 0.29) is 10.6 Å². The summed E-state index contributed by atoms with van der Waals surface area (Å²) in [5.74, 6) is 0. The predicted molar refractivity (Wildman–Crippen MR) is 75.9 cm³/mol. The second-order valence-corrected chi connectivity index (χ2v) is 4.36. The Hall–Kier alpha value is -2.20. The van der Waals surface area contributed by atoms with Crippen molar-refractivity contribution >= 4 is 5.69 Å². The van der Waals surface area contributed by atoms with Gasteiger partial charge < -0.3 is 5.73 Å². The molecule has 19 heavy (non-hydrogen) atoms. The Balaban J connectivity index is 2.40. The normalized spacial score (nSPS) is 10.4. The fourth-order valence-electron chi connectivity index (χ4n) is 2.10. The summed E-state index contributed by atoms with van der Waals surface area (Å²) in [6.07, 6.45) is 1.79. The Labute approximate surface area is 112 Å². The van der Waals surface area contributed by atoms with Crippen LogP contribution in [-0.2, 0) is 6.42 Å². The van der Waals surface area contributed by atoms with Crippen molar-refractivity contribution in [2.75, 3.05) is 6.54 Å². The molecule has 4 heteroatoms. The van der Waals surface area contributed by atoms with E-state index in [4.69, 9.17) is 5.73 Å². The summed E-state index contributed by atoms with van der Waals surface area (Å²) in [6, 6.07) is 14.7. The summed E-state index contributed by atoms with van der Waals surface area (Å²) in [6.45, 7) is 0.642. The first kappa shape index (κ1) is 13.2. The monoisotopic (exact) mass is 256 g/mol. The number of nitrogens with two attached hydrogens (primary N) is 1. The number of rotatable bonds is 5. The zero-order valence-electron chi connectivity index (χ0n) is 10.6. The SMILES string of the molecule is NCCCc1ccccc1-c1cccc([N+](=O)[O-])c1. The van der Waals surface area contributed by atoms with E-state index >= 15 is 0 Å². The first-order chi connectivity index (χ1) is 9.22. The fraction of sp³-hybridized carbons (Fsp3) is 0.200. The maximum atomic E-state index is 10.8. The van der Waals surface area contributed by atoms with E-state index in [0.29, 0.717) is 6.54 Å². The minimum Gasteiger partial charge on any atom is -0.330 e. The van der Waals surface area contributed by atoms with E-state index < -0.39 is 0 Å². The molecule has 2 aromatic rings. The molecule has 2 N–H and O–H groups in total. The number of hydrogen-bond acceptors (Lipinski definition) is 3. The van der Waals surface area contributed by atoms with Crippen LogP contribution in [0.25, 0.3) is 11.1 Å². The van der Waals surface area contributed by atoms with E-state index in [9.17, 15) is 10.1 Å². The molecule has 0 heterocycles. The first-order valence-electron chi connectivity index (χ1n) is 6.25. The topological polar surface area (TPSA) is 69.2 Å². The van der Waals surface area contributed by atoms with Gasteiger partial charge in [0.15, 0.2) is 0 Å². The molecule has 0 aliphatic rings. The van der Waals surface area contributed by atoms with Gasteiger partial charge in [0.05, 0.1) is 4.92 Å². The highest BCUT2D eigenvalue weighted by molar-refractivity contribution is 5.69. The molecule has 2 aromatic carbocycles. The molecule has 0 fully saturated rings. The van der Waals surface area contributed by atoms with Gasteiger partial charge in [-0.25, -0.2) is 0 Å². The average Bonchev–Trinajstić information content (AvgIpc) is 2.45. The summed E-state index contributed by atoms with van der Waals surface area (Å²) < 4.78 is 0. The molecule has 0 saturated carbocycles. The molecule has 0 spiro atoms. The zero-order chi connectivity index (χ0) is 13.7. The van der Waals surface area contributed by atoms with Crippen molar-refractivity contribution in [2.45, 2.75) is 12.8 Å². The Morgan fingerprint density at radius 1 is 1.11 bits per heavy atom. The lowest BCUT2D eigenvalue weighted by Gasteiger charge is -2.09. The minimum absolute atomic E-state index is 0.117. The van der Waals surface area contributed by atoms with Crippen LogP contribution in [0, 0.1) is 10.1 Å². The molecule has 0 unspecified atom stereocenters. The number of benzene rings is 2. The van der Waals surface area contributed by atoms with Crippen molar-refractivity contribution < 1.29 is 4.92 Å². The largest absolute Gasteiger partial charge is 0.330 e. The third-order valence-corrected chi connectivity index (χ3v) is 3.04. The molecule has 0 bridgehead atoms. The quantitative estimate of drug-likeness (QED) is 0.660. The zero-order valence-corrected chi connectivity index (χ0v) is 10.6. The molecule has 0 atom stereocenters. The third kappa shape index (κ3) is 3.17. The van der Waals surface area contributed by atoms with Crippen LogP contribution in [0.4, 0.5) is 5.69 Å². The van der Waals surface area contributed by atoms with Gasteiger partial charge in [-0.2, -0.15) is 0 Å². The molecule has 2 rings (SSSR count). The van der Waals surface area contributed by atoms with Gasteiger partial charge in [0, 0.05) is 12.1 Å². The van der Waals surface area contributed by atoms with Crippen molar-refractivity contribution in [3.8, 4) is 11.1 Å². The number of nitrogens with zero attached hydrogens (tertiary/aromatic N) is 1. The lowest BCUT2D eigenvalue weighted by Crippen LogP contribution is -2.01. The smallest absolute Gasteiger partial charge is 0.270 e. The number of nitro groups is 1. The number of nitro benzene ring substituents is 1. The second kappa shape index (κ2) is 6.11. The van der Waals surface area contributed by atoms with Crippen molar-refractivity contribution in [3.63, 3.8) is 0 Å². The lowest BCUT2D eigenvalue weighted by atomic mass is 9.96. The van der Waals surface area contributed by atoms with Gasteiger partial charge in [-0.1, -0.05) is 36.4 Å². The van der Waals surface area contributed by atoms with Gasteiger partial charge in [0.2, 0.25) is 0 Å². The molecule has 0 amide bonds. The van der Waals surface area contributed by atoms with Gasteiger partial charge in [-0.05, 0) is 36.1 Å². The summed E-state index contributed by atoms with van der Waals surface area (Å²) >= 11 is 0. The number of hydrogen-bond donors (Lipinski definition) is 1. The van der Waals surface area contributed by atoms with Crippen molar-refractivity contribution in [2.24, 2.45) is 5.73 Å². The van der Waals surface area contributed by atoms with Crippen LogP contribution in [0.15, 0.2) is 48.5 Å². The Morgan fingerprint density at radius 2 is 1.89 bits per heavy atom. The minimum atomic E-state index is -0.369. The maximum absolute atomic E-state index is 10.8. The van der Waals surface area contributed by atoms with Gasteiger partial charge in [0.1, 0.15) is 0 Å². The summed E-state index contributed by atoms with van der Waals surface area (Å²) in [5, 5.41) is 10.8. The summed E-state index contributed by atoms with van der Waals surface area (Å²) in [4.78, 5) is 10.5. The van der Waals surface area contributed by atoms with Crippen LogP contribution in [0.2, 0.25) is 0 Å². The summed E-state index contributed by atoms with van der Waals surface area (Å²) in [5.41, 5.74) is 8.75. The molecule has 4 nitrogen and oxygen atoms in total. The van der Waals surface area contributed by atoms with Crippen molar-refractivity contribution in [3.05, 3.63) is 64.2 Å². The fourth-order valence-corrected chi connectivity index (χ4v) is 2.10. The number of aryl methyl sites for hydroxylation is 1. The Kier molecular flexibility index (Phi) is 4.26. The van der Waals surface area contributed by atoms with Crippen molar-refractivity contribution in [1.82, 2.24) is 0 Å². The van der Waals surface area contributed by atoms with Crippen LogP contribution in [0.5, 0.6) is 0 Å². The van der Waals surface area contributed by atoms with Crippen LogP contribution < -0.4 is 5.73 Å². The highest BCUT2D eigenvalue weighted by Crippen LogP contribution is 2.27. The van der Waals surface area contributed by atoms with Gasteiger partial charge in [-0.15, -0.1) is 0 Å². The van der Waals surface area contributed by atoms with E-state index in [2.05, 4.69) is 0 Å². The number of non-ortho nitro benzene ring substituents is 1. The molecule has 0 aromatic heterocycles.